The Bertz CT molecular complexity index is 1630. The van der Waals surface area contributed by atoms with E-state index in [1.165, 1.54) is 18.5 Å². The number of hydrogen-bond acceptors (Lipinski definition) is 6. The molecule has 2 aromatic carbocycles. The van der Waals surface area contributed by atoms with Crippen molar-refractivity contribution in [2.45, 2.75) is 6.18 Å². The molecule has 5 rings (SSSR count). The number of benzene rings is 2. The van der Waals surface area contributed by atoms with Crippen molar-refractivity contribution in [1.29, 1.82) is 0 Å². The van der Waals surface area contributed by atoms with E-state index >= 15 is 0 Å². The van der Waals surface area contributed by atoms with Crippen LogP contribution in [0, 0.1) is 0 Å². The molecule has 0 aliphatic heterocycles. The zero-order valence-electron chi connectivity index (χ0n) is 18.2. The SMILES string of the molecule is O=C(Nc1ccc(Oc2ncnc3[nH]ccc23)cc1)c1ccc(=O)n(-c2cccc(C(F)(F)F)c2)n1. The van der Waals surface area contributed by atoms with Gasteiger partial charge in [-0.3, -0.25) is 9.59 Å². The third-order valence-electron chi connectivity index (χ3n) is 5.10. The summed E-state index contributed by atoms with van der Waals surface area (Å²) in [6.45, 7) is 0. The Hall–Kier alpha value is -5.00. The number of hydrogen-bond donors (Lipinski definition) is 2. The second-order valence-electron chi connectivity index (χ2n) is 7.52. The molecule has 36 heavy (non-hydrogen) atoms. The smallest absolute Gasteiger partial charge is 0.416 e. The number of carbonyl (C=O) groups excluding carboxylic acids is 1. The fourth-order valence-corrected chi connectivity index (χ4v) is 3.37. The summed E-state index contributed by atoms with van der Waals surface area (Å²) in [5.41, 5.74) is -0.877. The second-order valence-corrected chi connectivity index (χ2v) is 7.52. The zero-order valence-corrected chi connectivity index (χ0v) is 18.2. The summed E-state index contributed by atoms with van der Waals surface area (Å²) in [6.07, 6.45) is -1.50. The number of nitrogens with one attached hydrogen (secondary N) is 2. The lowest BCUT2D eigenvalue weighted by atomic mass is 10.2. The molecule has 3 heterocycles. The molecule has 0 aliphatic carbocycles. The number of nitrogens with zero attached hydrogens (tertiary/aromatic N) is 4. The minimum Gasteiger partial charge on any atom is -0.438 e. The Morgan fingerprint density at radius 2 is 1.81 bits per heavy atom. The van der Waals surface area contributed by atoms with Crippen molar-refractivity contribution in [3.05, 3.63) is 101 Å². The number of anilines is 1. The lowest BCUT2D eigenvalue weighted by Crippen LogP contribution is -2.25. The molecule has 0 bridgehead atoms. The van der Waals surface area contributed by atoms with Crippen LogP contribution in [0.1, 0.15) is 16.1 Å². The Morgan fingerprint density at radius 3 is 2.58 bits per heavy atom. The van der Waals surface area contributed by atoms with Crippen molar-refractivity contribution in [3.8, 4) is 17.3 Å². The van der Waals surface area contributed by atoms with Gasteiger partial charge in [0.2, 0.25) is 5.88 Å². The van der Waals surface area contributed by atoms with Gasteiger partial charge in [0.15, 0.2) is 0 Å². The molecule has 0 unspecified atom stereocenters. The summed E-state index contributed by atoms with van der Waals surface area (Å²) < 4.78 is 45.7. The van der Waals surface area contributed by atoms with Crippen LogP contribution in [0.5, 0.6) is 11.6 Å². The molecule has 0 saturated carbocycles. The highest BCUT2D eigenvalue weighted by atomic mass is 19.4. The van der Waals surface area contributed by atoms with Gasteiger partial charge < -0.3 is 15.0 Å². The lowest BCUT2D eigenvalue weighted by Gasteiger charge is -2.11. The predicted molar refractivity (Wildman–Crippen MR) is 123 cm³/mol. The Kier molecular flexibility index (Phi) is 5.68. The quantitative estimate of drug-likeness (QED) is 0.372. The summed E-state index contributed by atoms with van der Waals surface area (Å²) in [4.78, 5) is 36.1. The normalized spacial score (nSPS) is 11.4. The molecule has 0 spiro atoms. The average Bonchev–Trinajstić information content (AvgIpc) is 3.35. The van der Waals surface area contributed by atoms with Gasteiger partial charge in [0, 0.05) is 18.0 Å². The van der Waals surface area contributed by atoms with E-state index in [0.717, 1.165) is 28.9 Å². The maximum absolute atomic E-state index is 13.0. The van der Waals surface area contributed by atoms with Gasteiger partial charge in [-0.15, -0.1) is 0 Å². The van der Waals surface area contributed by atoms with Crippen molar-refractivity contribution in [2.75, 3.05) is 5.32 Å². The van der Waals surface area contributed by atoms with Crippen molar-refractivity contribution < 1.29 is 22.7 Å². The minimum absolute atomic E-state index is 0.118. The minimum atomic E-state index is -4.59. The van der Waals surface area contributed by atoms with Gasteiger partial charge in [-0.05, 0) is 54.6 Å². The van der Waals surface area contributed by atoms with Crippen LogP contribution in [-0.4, -0.2) is 30.6 Å². The number of rotatable bonds is 5. The van der Waals surface area contributed by atoms with Crippen LogP contribution in [0.3, 0.4) is 0 Å². The molecular weight excluding hydrogens is 477 g/mol. The monoisotopic (exact) mass is 492 g/mol. The number of aromatic nitrogens is 5. The van der Waals surface area contributed by atoms with E-state index in [0.29, 0.717) is 28.4 Å². The molecule has 3 aromatic heterocycles. The number of fused-ring (bicyclic) bond motifs is 1. The molecule has 5 aromatic rings. The Morgan fingerprint density at radius 1 is 1.00 bits per heavy atom. The van der Waals surface area contributed by atoms with Crippen molar-refractivity contribution in [3.63, 3.8) is 0 Å². The summed E-state index contributed by atoms with van der Waals surface area (Å²) in [5, 5.41) is 7.27. The Labute approximate surface area is 200 Å². The predicted octanol–water partition coefficient (Wildman–Crippen LogP) is 4.57. The first kappa shape index (κ1) is 22.8. The van der Waals surface area contributed by atoms with Crippen LogP contribution in [0.25, 0.3) is 16.7 Å². The van der Waals surface area contributed by atoms with E-state index in [1.54, 1.807) is 36.5 Å². The van der Waals surface area contributed by atoms with E-state index in [-0.39, 0.29) is 11.4 Å². The van der Waals surface area contributed by atoms with Crippen LogP contribution >= 0.6 is 0 Å². The highest BCUT2D eigenvalue weighted by molar-refractivity contribution is 6.02. The van der Waals surface area contributed by atoms with Crippen LogP contribution in [0.15, 0.2) is 84.0 Å². The molecule has 0 saturated heterocycles. The number of carbonyl (C=O) groups is 1. The van der Waals surface area contributed by atoms with Crippen LogP contribution in [-0.2, 0) is 6.18 Å². The van der Waals surface area contributed by atoms with Crippen LogP contribution in [0.4, 0.5) is 18.9 Å². The zero-order chi connectivity index (χ0) is 25.3. The van der Waals surface area contributed by atoms with Gasteiger partial charge in [0.1, 0.15) is 23.4 Å². The Balaban J connectivity index is 1.33. The third kappa shape index (κ3) is 4.64. The fourth-order valence-electron chi connectivity index (χ4n) is 3.37. The molecule has 0 aliphatic rings. The van der Waals surface area contributed by atoms with Gasteiger partial charge in [0.05, 0.1) is 16.6 Å². The first-order valence-electron chi connectivity index (χ1n) is 10.4. The van der Waals surface area contributed by atoms with Gasteiger partial charge in [-0.2, -0.15) is 23.0 Å². The molecule has 180 valence electrons. The number of H-pyrrole nitrogens is 1. The first-order chi connectivity index (χ1) is 17.3. The molecule has 0 radical (unpaired) electrons. The largest absolute Gasteiger partial charge is 0.438 e. The molecule has 9 nitrogen and oxygen atoms in total. The number of ether oxygens (including phenoxy) is 1. The number of amides is 1. The van der Waals surface area contributed by atoms with E-state index < -0.39 is 23.2 Å². The molecule has 0 atom stereocenters. The number of halogens is 3. The molecule has 0 fully saturated rings. The summed E-state index contributed by atoms with van der Waals surface area (Å²) in [6, 6.07) is 14.6. The summed E-state index contributed by atoms with van der Waals surface area (Å²) in [5.74, 6) is 0.165. The van der Waals surface area contributed by atoms with E-state index in [4.69, 9.17) is 4.74 Å². The standard InChI is InChI=1S/C24H15F3N6O3/c25-24(26,27)14-2-1-3-16(12-14)33-20(34)9-8-19(32-33)22(35)31-15-4-6-17(7-5-15)36-23-18-10-11-28-21(18)29-13-30-23/h1-13H,(H,31,35)(H,28,29,30). The molecule has 12 heteroatoms. The fraction of sp³-hybridized carbons (Fsp3) is 0.0417. The van der Waals surface area contributed by atoms with Crippen molar-refractivity contribution in [2.24, 2.45) is 0 Å². The van der Waals surface area contributed by atoms with Crippen LogP contribution < -0.4 is 15.6 Å². The molecule has 2 N–H and O–H groups in total. The van der Waals surface area contributed by atoms with E-state index in [1.807, 2.05) is 0 Å². The second kappa shape index (κ2) is 8.98. The first-order valence-corrected chi connectivity index (χ1v) is 10.4. The number of alkyl halides is 3. The lowest BCUT2D eigenvalue weighted by molar-refractivity contribution is -0.137. The summed E-state index contributed by atoms with van der Waals surface area (Å²) in [7, 11) is 0. The third-order valence-corrected chi connectivity index (χ3v) is 5.10. The van der Waals surface area contributed by atoms with Crippen molar-refractivity contribution >= 4 is 22.6 Å². The van der Waals surface area contributed by atoms with Gasteiger partial charge >= 0.3 is 6.18 Å². The van der Waals surface area contributed by atoms with E-state index in [2.05, 4.69) is 25.4 Å². The molecular formula is C24H15F3N6O3. The maximum Gasteiger partial charge on any atom is 0.416 e. The summed E-state index contributed by atoms with van der Waals surface area (Å²) >= 11 is 0. The van der Waals surface area contributed by atoms with Crippen molar-refractivity contribution in [1.82, 2.24) is 24.7 Å². The topological polar surface area (TPSA) is 115 Å². The average molecular weight is 492 g/mol. The van der Waals surface area contributed by atoms with E-state index in [9.17, 15) is 22.8 Å². The van der Waals surface area contributed by atoms with Gasteiger partial charge in [0.25, 0.3) is 11.5 Å². The number of aromatic amines is 1. The van der Waals surface area contributed by atoms with Crippen LogP contribution in [0.2, 0.25) is 0 Å². The van der Waals surface area contributed by atoms with Gasteiger partial charge in [-0.25, -0.2) is 9.97 Å². The van der Waals surface area contributed by atoms with Gasteiger partial charge in [-0.1, -0.05) is 6.07 Å². The highest BCUT2D eigenvalue weighted by Crippen LogP contribution is 2.30. The maximum atomic E-state index is 13.0. The molecule has 1 amide bonds. The highest BCUT2D eigenvalue weighted by Gasteiger charge is 2.30.